The van der Waals surface area contributed by atoms with E-state index in [1.807, 2.05) is 0 Å². The van der Waals surface area contributed by atoms with Crippen molar-refractivity contribution in [3.8, 4) is 0 Å². The Morgan fingerprint density at radius 2 is 2.11 bits per heavy atom. The maximum atomic E-state index is 12.1. The molecule has 0 unspecified atom stereocenters. The molecule has 0 bridgehead atoms. The van der Waals surface area contributed by atoms with Gasteiger partial charge in [-0.25, -0.2) is 8.42 Å². The van der Waals surface area contributed by atoms with E-state index in [-0.39, 0.29) is 35.5 Å². The molecule has 98 valence electrons. The van der Waals surface area contributed by atoms with Crippen molar-refractivity contribution >= 4 is 27.2 Å². The third kappa shape index (κ3) is 2.29. The molecule has 0 saturated carbocycles. The van der Waals surface area contributed by atoms with Gasteiger partial charge in [-0.05, 0) is 18.2 Å². The largest absolute Gasteiger partial charge is 0.379 e. The minimum atomic E-state index is -3.48. The molecule has 1 aromatic rings. The number of hydrogen-bond acceptors (Lipinski definition) is 5. The molecule has 0 spiro atoms. The molecule has 1 aliphatic heterocycles. The number of nitrogens with two attached hydrogens (primary N) is 1. The summed E-state index contributed by atoms with van der Waals surface area (Å²) in [6, 6.07) is 4.11. The molecule has 1 saturated heterocycles. The van der Waals surface area contributed by atoms with E-state index in [0.29, 0.717) is 5.56 Å². The highest BCUT2D eigenvalue weighted by molar-refractivity contribution is 7.92. The fourth-order valence-electron chi connectivity index (χ4n) is 1.60. The van der Waals surface area contributed by atoms with Crippen LogP contribution < -0.4 is 5.73 Å². The van der Waals surface area contributed by atoms with Crippen molar-refractivity contribution < 1.29 is 17.9 Å². The number of ether oxygens (including phenoxy) is 1. The average molecular weight is 290 g/mol. The quantitative estimate of drug-likeness (QED) is 0.823. The number of sulfone groups is 1. The van der Waals surface area contributed by atoms with Crippen molar-refractivity contribution in [1.29, 1.82) is 0 Å². The summed E-state index contributed by atoms with van der Waals surface area (Å²) in [4.78, 5) is 11.4. The van der Waals surface area contributed by atoms with Gasteiger partial charge in [0, 0.05) is 5.56 Å². The molecule has 0 aromatic heterocycles. The van der Waals surface area contributed by atoms with E-state index in [4.69, 9.17) is 22.1 Å². The molecule has 1 heterocycles. The highest BCUT2D eigenvalue weighted by Crippen LogP contribution is 2.28. The third-order valence-electron chi connectivity index (χ3n) is 2.79. The number of ketones is 1. The Balaban J connectivity index is 2.38. The van der Waals surface area contributed by atoms with E-state index in [9.17, 15) is 13.2 Å². The second kappa shape index (κ2) is 4.97. The standard InChI is InChI=1S/C11H12ClNO4S/c12-9-3-7(10(14)4-13)1-2-11(9)18(15,16)8-5-17-6-8/h1-3,8H,4-6,13H2. The maximum Gasteiger partial charge on any atom is 0.187 e. The first-order valence-electron chi connectivity index (χ1n) is 5.31. The molecule has 1 aliphatic rings. The molecule has 0 radical (unpaired) electrons. The van der Waals surface area contributed by atoms with Crippen molar-refractivity contribution in [1.82, 2.24) is 0 Å². The van der Waals surface area contributed by atoms with Gasteiger partial charge in [-0.1, -0.05) is 11.6 Å². The lowest BCUT2D eigenvalue weighted by Gasteiger charge is -2.26. The number of hydrogen-bond donors (Lipinski definition) is 1. The van der Waals surface area contributed by atoms with Gasteiger partial charge < -0.3 is 10.5 Å². The summed E-state index contributed by atoms with van der Waals surface area (Å²) in [6.45, 7) is 0.225. The lowest BCUT2D eigenvalue weighted by molar-refractivity contribution is 0.0416. The minimum absolute atomic E-state index is 0.0334. The molecular weight excluding hydrogens is 278 g/mol. The Hall–Kier alpha value is -0.950. The summed E-state index contributed by atoms with van der Waals surface area (Å²) in [5, 5.41) is -0.507. The molecule has 0 amide bonds. The van der Waals surface area contributed by atoms with E-state index in [1.165, 1.54) is 18.2 Å². The van der Waals surface area contributed by atoms with E-state index in [1.54, 1.807) is 0 Å². The first-order chi connectivity index (χ1) is 8.46. The molecule has 1 aromatic carbocycles. The van der Waals surface area contributed by atoms with Crippen molar-refractivity contribution in [2.75, 3.05) is 19.8 Å². The monoisotopic (exact) mass is 289 g/mol. The first kappa shape index (κ1) is 13.5. The van der Waals surface area contributed by atoms with Gasteiger partial charge in [-0.2, -0.15) is 0 Å². The number of carbonyl (C=O) groups is 1. The van der Waals surface area contributed by atoms with E-state index in [0.717, 1.165) is 0 Å². The van der Waals surface area contributed by atoms with Crippen molar-refractivity contribution in [2.24, 2.45) is 5.73 Å². The number of rotatable bonds is 4. The zero-order valence-corrected chi connectivity index (χ0v) is 11.0. The molecule has 7 heteroatoms. The van der Waals surface area contributed by atoms with Crippen LogP contribution in [0.5, 0.6) is 0 Å². The van der Waals surface area contributed by atoms with Gasteiger partial charge in [0.1, 0.15) is 5.25 Å². The third-order valence-corrected chi connectivity index (χ3v) is 5.34. The second-order valence-corrected chi connectivity index (χ2v) is 6.58. The van der Waals surface area contributed by atoms with Crippen LogP contribution in [0.3, 0.4) is 0 Å². The van der Waals surface area contributed by atoms with Gasteiger partial charge in [-0.3, -0.25) is 4.79 Å². The van der Waals surface area contributed by atoms with Gasteiger partial charge in [0.15, 0.2) is 15.6 Å². The molecule has 5 nitrogen and oxygen atoms in total. The zero-order valence-electron chi connectivity index (χ0n) is 9.43. The van der Waals surface area contributed by atoms with Crippen LogP contribution in [0.4, 0.5) is 0 Å². The van der Waals surface area contributed by atoms with Crippen LogP contribution in [0.1, 0.15) is 10.4 Å². The highest BCUT2D eigenvalue weighted by Gasteiger charge is 2.35. The second-order valence-electron chi connectivity index (χ2n) is 3.98. The fourth-order valence-corrected chi connectivity index (χ4v) is 3.60. The number of Topliss-reactive ketones (excluding diaryl/α,β-unsaturated/α-hetero) is 1. The van der Waals surface area contributed by atoms with Crippen LogP contribution in [0.25, 0.3) is 0 Å². The minimum Gasteiger partial charge on any atom is -0.379 e. The van der Waals surface area contributed by atoms with Gasteiger partial charge in [-0.15, -0.1) is 0 Å². The molecule has 2 N–H and O–H groups in total. The van der Waals surface area contributed by atoms with E-state index < -0.39 is 15.1 Å². The smallest absolute Gasteiger partial charge is 0.187 e. The predicted molar refractivity (Wildman–Crippen MR) is 66.6 cm³/mol. The van der Waals surface area contributed by atoms with Crippen LogP contribution in [0.15, 0.2) is 23.1 Å². The lowest BCUT2D eigenvalue weighted by atomic mass is 10.1. The van der Waals surface area contributed by atoms with E-state index >= 15 is 0 Å². The topological polar surface area (TPSA) is 86.5 Å². The molecule has 0 aliphatic carbocycles. The summed E-state index contributed by atoms with van der Waals surface area (Å²) in [5.41, 5.74) is 5.54. The van der Waals surface area contributed by atoms with Gasteiger partial charge in [0.2, 0.25) is 0 Å². The van der Waals surface area contributed by atoms with Crippen LogP contribution in [0, 0.1) is 0 Å². The number of benzene rings is 1. The summed E-state index contributed by atoms with van der Waals surface area (Å²) in [5.74, 6) is -0.284. The van der Waals surface area contributed by atoms with Crippen molar-refractivity contribution in [2.45, 2.75) is 10.1 Å². The Morgan fingerprint density at radius 3 is 2.56 bits per heavy atom. The number of carbonyl (C=O) groups excluding carboxylic acids is 1. The Bertz CT molecular complexity index is 581. The van der Waals surface area contributed by atoms with Gasteiger partial charge in [0.05, 0.1) is 29.7 Å². The molecule has 18 heavy (non-hydrogen) atoms. The maximum absolute atomic E-state index is 12.1. The summed E-state index contributed by atoms with van der Waals surface area (Å²) >= 11 is 5.93. The van der Waals surface area contributed by atoms with Crippen molar-refractivity contribution in [3.63, 3.8) is 0 Å². The van der Waals surface area contributed by atoms with Crippen molar-refractivity contribution in [3.05, 3.63) is 28.8 Å². The first-order valence-corrected chi connectivity index (χ1v) is 7.23. The normalized spacial score (nSPS) is 16.3. The zero-order chi connectivity index (χ0) is 13.3. The van der Waals surface area contributed by atoms with Crippen LogP contribution in [-0.2, 0) is 14.6 Å². The molecule has 0 atom stereocenters. The predicted octanol–water partition coefficient (Wildman–Crippen LogP) is 0.654. The number of halogens is 1. The summed E-state index contributed by atoms with van der Waals surface area (Å²) < 4.78 is 29.1. The van der Waals surface area contributed by atoms with Crippen LogP contribution in [0.2, 0.25) is 5.02 Å². The fraction of sp³-hybridized carbons (Fsp3) is 0.364. The summed E-state index contributed by atoms with van der Waals surface area (Å²) in [7, 11) is -3.48. The lowest BCUT2D eigenvalue weighted by Crippen LogP contribution is -2.40. The highest BCUT2D eigenvalue weighted by atomic mass is 35.5. The van der Waals surface area contributed by atoms with Crippen LogP contribution >= 0.6 is 11.6 Å². The molecule has 1 fully saturated rings. The van der Waals surface area contributed by atoms with Gasteiger partial charge >= 0.3 is 0 Å². The average Bonchev–Trinajstić information content (AvgIpc) is 2.24. The van der Waals surface area contributed by atoms with Crippen LogP contribution in [-0.4, -0.2) is 39.2 Å². The van der Waals surface area contributed by atoms with Gasteiger partial charge in [0.25, 0.3) is 0 Å². The Kier molecular flexibility index (Phi) is 3.72. The summed E-state index contributed by atoms with van der Waals surface area (Å²) in [6.07, 6.45) is 0. The Morgan fingerprint density at radius 1 is 1.44 bits per heavy atom. The van der Waals surface area contributed by atoms with E-state index in [2.05, 4.69) is 0 Å². The Labute approximate surface area is 110 Å². The molecule has 2 rings (SSSR count). The molecular formula is C11H12ClNO4S. The SMILES string of the molecule is NCC(=O)c1ccc(S(=O)(=O)C2COC2)c(Cl)c1.